The van der Waals surface area contributed by atoms with Crippen molar-refractivity contribution in [2.45, 2.75) is 46.1 Å². The fourth-order valence-corrected chi connectivity index (χ4v) is 3.51. The molecule has 0 heterocycles. The molecule has 0 aliphatic carbocycles. The smallest absolute Gasteiger partial charge is 0.384 e. The van der Waals surface area contributed by atoms with Gasteiger partial charge in [0.05, 0.1) is 0 Å². The second kappa shape index (κ2) is 15.5. The SMILES string of the molecule is CCO[Si](CCCNCCN)OCC(OCC)(OCC)OCC. The number of nitrogens with one attached hydrogen (secondary N) is 1. The van der Waals surface area contributed by atoms with Gasteiger partial charge >= 0.3 is 15.3 Å². The minimum absolute atomic E-state index is 0.215. The van der Waals surface area contributed by atoms with Gasteiger partial charge in [-0.15, -0.1) is 0 Å². The van der Waals surface area contributed by atoms with Crippen molar-refractivity contribution in [2.24, 2.45) is 5.73 Å². The number of hydrogen-bond donors (Lipinski definition) is 2. The van der Waals surface area contributed by atoms with Crippen LogP contribution in [0.15, 0.2) is 0 Å². The van der Waals surface area contributed by atoms with Gasteiger partial charge in [0.1, 0.15) is 6.61 Å². The summed E-state index contributed by atoms with van der Waals surface area (Å²) in [5, 5.41) is 3.27. The van der Waals surface area contributed by atoms with Gasteiger partial charge in [-0.1, -0.05) is 0 Å². The van der Waals surface area contributed by atoms with E-state index in [1.165, 1.54) is 0 Å². The topological polar surface area (TPSA) is 84.2 Å². The molecule has 8 heteroatoms. The minimum Gasteiger partial charge on any atom is -0.394 e. The zero-order valence-corrected chi connectivity index (χ0v) is 16.2. The summed E-state index contributed by atoms with van der Waals surface area (Å²) < 4.78 is 28.7. The molecular formula is C15H35N2O5Si. The van der Waals surface area contributed by atoms with Gasteiger partial charge in [-0.25, -0.2) is 0 Å². The lowest BCUT2D eigenvalue weighted by Crippen LogP contribution is -2.46. The Morgan fingerprint density at radius 1 is 0.870 bits per heavy atom. The molecular weight excluding hydrogens is 316 g/mol. The maximum absolute atomic E-state index is 5.96. The quantitative estimate of drug-likeness (QED) is 0.232. The number of ether oxygens (including phenoxy) is 3. The molecule has 7 nitrogen and oxygen atoms in total. The highest BCUT2D eigenvalue weighted by atomic mass is 28.3. The summed E-state index contributed by atoms with van der Waals surface area (Å²) in [5.41, 5.74) is 5.45. The maximum Gasteiger partial charge on any atom is 0.384 e. The van der Waals surface area contributed by atoms with Crippen molar-refractivity contribution >= 4 is 9.28 Å². The van der Waals surface area contributed by atoms with E-state index in [2.05, 4.69) is 5.32 Å². The van der Waals surface area contributed by atoms with Crippen LogP contribution in [0, 0.1) is 0 Å². The van der Waals surface area contributed by atoms with Crippen molar-refractivity contribution in [1.82, 2.24) is 5.32 Å². The van der Waals surface area contributed by atoms with E-state index in [4.69, 9.17) is 28.8 Å². The largest absolute Gasteiger partial charge is 0.394 e. The molecule has 1 radical (unpaired) electrons. The Morgan fingerprint density at radius 3 is 1.96 bits per heavy atom. The van der Waals surface area contributed by atoms with Crippen LogP contribution in [0.5, 0.6) is 0 Å². The van der Waals surface area contributed by atoms with Gasteiger partial charge in [0, 0.05) is 39.5 Å². The molecule has 23 heavy (non-hydrogen) atoms. The molecule has 0 aromatic carbocycles. The van der Waals surface area contributed by atoms with E-state index >= 15 is 0 Å². The molecule has 139 valence electrons. The summed E-state index contributed by atoms with van der Waals surface area (Å²) >= 11 is 0. The lowest BCUT2D eigenvalue weighted by Gasteiger charge is -2.32. The predicted octanol–water partition coefficient (Wildman–Crippen LogP) is 1.23. The number of rotatable bonds is 17. The maximum atomic E-state index is 5.96. The van der Waals surface area contributed by atoms with Gasteiger partial charge in [-0.2, -0.15) is 0 Å². The highest BCUT2D eigenvalue weighted by molar-refractivity contribution is 6.44. The molecule has 3 N–H and O–H groups in total. The highest BCUT2D eigenvalue weighted by Gasteiger charge is 2.35. The molecule has 0 saturated heterocycles. The van der Waals surface area contributed by atoms with E-state index < -0.39 is 15.3 Å². The average molecular weight is 352 g/mol. The zero-order chi connectivity index (χ0) is 17.4. The number of hydrogen-bond acceptors (Lipinski definition) is 7. The van der Waals surface area contributed by atoms with Gasteiger partial charge < -0.3 is 34.1 Å². The second-order valence-electron chi connectivity index (χ2n) is 4.72. The van der Waals surface area contributed by atoms with Gasteiger partial charge in [0.25, 0.3) is 0 Å². The van der Waals surface area contributed by atoms with Crippen LogP contribution in [-0.4, -0.2) is 67.9 Å². The van der Waals surface area contributed by atoms with Crippen LogP contribution >= 0.6 is 0 Å². The van der Waals surface area contributed by atoms with Crippen molar-refractivity contribution in [2.75, 3.05) is 52.7 Å². The monoisotopic (exact) mass is 351 g/mol. The summed E-state index contributed by atoms with van der Waals surface area (Å²) in [7, 11) is -1.38. The molecule has 0 fully saturated rings. The molecule has 0 bridgehead atoms. The van der Waals surface area contributed by atoms with E-state index in [1.807, 2.05) is 27.7 Å². The Hall–Kier alpha value is -0.0631. The zero-order valence-electron chi connectivity index (χ0n) is 15.2. The molecule has 0 saturated carbocycles. The lowest BCUT2D eigenvalue weighted by atomic mass is 10.5. The van der Waals surface area contributed by atoms with Gasteiger partial charge in [-0.05, 0) is 46.7 Å². The van der Waals surface area contributed by atoms with Crippen LogP contribution in [-0.2, 0) is 23.1 Å². The summed E-state index contributed by atoms with van der Waals surface area (Å²) in [4.78, 5) is 0. The van der Waals surface area contributed by atoms with Crippen LogP contribution in [0.3, 0.4) is 0 Å². The fraction of sp³-hybridized carbons (Fsp3) is 1.00. The van der Waals surface area contributed by atoms with Crippen LogP contribution < -0.4 is 11.1 Å². The Balaban J connectivity index is 4.39. The lowest BCUT2D eigenvalue weighted by molar-refractivity contribution is -0.386. The third-order valence-corrected chi connectivity index (χ3v) is 4.70. The summed E-state index contributed by atoms with van der Waals surface area (Å²) in [6, 6.07) is 0.885. The highest BCUT2D eigenvalue weighted by Crippen LogP contribution is 2.18. The van der Waals surface area contributed by atoms with Gasteiger partial charge in [-0.3, -0.25) is 0 Å². The minimum atomic E-state index is -1.38. The normalized spacial score (nSPS) is 12.3. The molecule has 0 unspecified atom stereocenters. The molecule has 0 aliphatic heterocycles. The van der Waals surface area contributed by atoms with Crippen LogP contribution in [0.25, 0.3) is 0 Å². The number of nitrogens with two attached hydrogens (primary N) is 1. The van der Waals surface area contributed by atoms with E-state index in [0.29, 0.717) is 33.0 Å². The van der Waals surface area contributed by atoms with Crippen LogP contribution in [0.1, 0.15) is 34.1 Å². The fourth-order valence-electron chi connectivity index (χ4n) is 2.01. The van der Waals surface area contributed by atoms with Crippen LogP contribution in [0.2, 0.25) is 6.04 Å². The first-order valence-electron chi connectivity index (χ1n) is 8.61. The van der Waals surface area contributed by atoms with Crippen molar-refractivity contribution in [1.29, 1.82) is 0 Å². The third kappa shape index (κ3) is 11.2. The summed E-state index contributed by atoms with van der Waals surface area (Å²) in [6.07, 6.45) is 0.985. The predicted molar refractivity (Wildman–Crippen MR) is 92.3 cm³/mol. The average Bonchev–Trinajstić information content (AvgIpc) is 2.53. The van der Waals surface area contributed by atoms with E-state index in [-0.39, 0.29) is 6.61 Å². The first kappa shape index (κ1) is 22.9. The van der Waals surface area contributed by atoms with Gasteiger partial charge in [0.2, 0.25) is 0 Å². The third-order valence-electron chi connectivity index (χ3n) is 2.86. The first-order valence-corrected chi connectivity index (χ1v) is 10.1. The molecule has 0 atom stereocenters. The Morgan fingerprint density at radius 2 is 1.48 bits per heavy atom. The standard InChI is InChI=1S/C15H35N2O5Si/c1-5-18-15(19-6-2,20-7-3)14-22-23(21-8-4)13-9-11-17-12-10-16/h17H,5-14,16H2,1-4H3. The summed E-state index contributed by atoms with van der Waals surface area (Å²) in [5.74, 6) is -1.14. The van der Waals surface area contributed by atoms with E-state index in [9.17, 15) is 0 Å². The summed E-state index contributed by atoms with van der Waals surface area (Å²) in [6.45, 7) is 12.4. The van der Waals surface area contributed by atoms with E-state index in [1.54, 1.807) is 0 Å². The van der Waals surface area contributed by atoms with Gasteiger partial charge in [0.15, 0.2) is 0 Å². The van der Waals surface area contributed by atoms with Crippen molar-refractivity contribution in [3.8, 4) is 0 Å². The molecule has 0 amide bonds. The Kier molecular flexibility index (Phi) is 15.4. The van der Waals surface area contributed by atoms with Crippen molar-refractivity contribution in [3.05, 3.63) is 0 Å². The van der Waals surface area contributed by atoms with Crippen LogP contribution in [0.4, 0.5) is 0 Å². The molecule has 0 rings (SSSR count). The Labute approximate surface area is 143 Å². The molecule has 0 aromatic rings. The van der Waals surface area contributed by atoms with Crippen molar-refractivity contribution < 1.29 is 23.1 Å². The van der Waals surface area contributed by atoms with Crippen molar-refractivity contribution in [3.63, 3.8) is 0 Å². The molecule has 0 spiro atoms. The van der Waals surface area contributed by atoms with E-state index in [0.717, 1.165) is 25.6 Å². The first-order chi connectivity index (χ1) is 11.2. The molecule has 0 aromatic heterocycles. The Bertz CT molecular complexity index is 245. The second-order valence-corrected chi connectivity index (χ2v) is 6.54. The molecule has 0 aliphatic rings.